The van der Waals surface area contributed by atoms with Crippen LogP contribution >= 0.6 is 0 Å². The van der Waals surface area contributed by atoms with Crippen molar-refractivity contribution >= 4 is 23.4 Å². The lowest BCUT2D eigenvalue weighted by Gasteiger charge is -2.36. The number of hydrogen-bond acceptors (Lipinski definition) is 7. The molecule has 3 heterocycles. The summed E-state index contributed by atoms with van der Waals surface area (Å²) in [6.45, 7) is 10.1. The monoisotopic (exact) mass is 600 g/mol. The molecule has 3 aromatic rings. The summed E-state index contributed by atoms with van der Waals surface area (Å²) in [6, 6.07) is 17.1. The number of rotatable bonds is 10. The van der Waals surface area contributed by atoms with E-state index in [1.165, 1.54) is 6.08 Å². The quantitative estimate of drug-likeness (QED) is 0.221. The van der Waals surface area contributed by atoms with Crippen molar-refractivity contribution in [2.75, 3.05) is 44.4 Å². The Balaban J connectivity index is 1.24. The number of fused-ring (bicyclic) bond motifs is 1. The lowest BCUT2D eigenvalue weighted by Crippen LogP contribution is -2.48. The molecule has 44 heavy (non-hydrogen) atoms. The summed E-state index contributed by atoms with van der Waals surface area (Å²) in [5.74, 6) is 0.473. The molecule has 1 saturated heterocycles. The number of carbonyl (C=O) groups excluding carboxylic acids is 2. The first-order valence-corrected chi connectivity index (χ1v) is 15.1. The molecule has 0 spiro atoms. The van der Waals surface area contributed by atoms with Gasteiger partial charge >= 0.3 is 6.03 Å². The smallest absolute Gasteiger partial charge is 0.319 e. The van der Waals surface area contributed by atoms with Crippen molar-refractivity contribution in [3.05, 3.63) is 89.6 Å². The van der Waals surface area contributed by atoms with Crippen LogP contribution in [0.2, 0.25) is 0 Å². The number of aliphatic hydroxyl groups is 1. The second kappa shape index (κ2) is 13.2. The second-order valence-corrected chi connectivity index (χ2v) is 12.4. The van der Waals surface area contributed by atoms with Gasteiger partial charge < -0.3 is 30.9 Å². The van der Waals surface area contributed by atoms with Gasteiger partial charge in [0.1, 0.15) is 6.23 Å². The van der Waals surface area contributed by atoms with Gasteiger partial charge in [-0.15, -0.1) is 0 Å². The SMILES string of the molecule is C=CC(=O)Nc1ccc(C(O)N2CCCC(Nc3n[nH]c4c3CN(C(=O)N[C@H](CN(C)C)c3ccccc3)C4(C)C)C2)cc1. The molecule has 3 amide bonds. The highest BCUT2D eigenvalue weighted by atomic mass is 16.3. The molecule has 2 aromatic carbocycles. The van der Waals surface area contributed by atoms with Gasteiger partial charge in [0.15, 0.2) is 5.82 Å². The van der Waals surface area contributed by atoms with Crippen LogP contribution in [0.15, 0.2) is 67.3 Å². The summed E-state index contributed by atoms with van der Waals surface area (Å²) in [6.07, 6.45) is 2.31. The van der Waals surface area contributed by atoms with Gasteiger partial charge in [-0.2, -0.15) is 5.10 Å². The predicted octanol–water partition coefficient (Wildman–Crippen LogP) is 4.16. The van der Waals surface area contributed by atoms with E-state index in [2.05, 4.69) is 37.6 Å². The fraction of sp³-hybridized carbons (Fsp3) is 0.424. The summed E-state index contributed by atoms with van der Waals surface area (Å²) in [7, 11) is 4.01. The van der Waals surface area contributed by atoms with Gasteiger partial charge in [-0.3, -0.25) is 14.8 Å². The first kappa shape index (κ1) is 31.2. The molecule has 234 valence electrons. The highest BCUT2D eigenvalue weighted by molar-refractivity contribution is 5.98. The van der Waals surface area contributed by atoms with Crippen LogP contribution < -0.4 is 16.0 Å². The first-order valence-electron chi connectivity index (χ1n) is 15.1. The Labute approximate surface area is 259 Å². The number of aromatic nitrogens is 2. The maximum atomic E-state index is 13.7. The topological polar surface area (TPSA) is 129 Å². The van der Waals surface area contributed by atoms with E-state index < -0.39 is 11.8 Å². The van der Waals surface area contributed by atoms with Gasteiger partial charge in [-0.25, -0.2) is 4.79 Å². The van der Waals surface area contributed by atoms with E-state index in [0.717, 1.165) is 47.6 Å². The normalized spacial score (nSPS) is 19.2. The van der Waals surface area contributed by atoms with Crippen molar-refractivity contribution in [3.8, 4) is 0 Å². The Bertz CT molecular complexity index is 1450. The van der Waals surface area contributed by atoms with Crippen LogP contribution in [0.4, 0.5) is 16.3 Å². The van der Waals surface area contributed by atoms with E-state index in [0.29, 0.717) is 25.3 Å². The molecule has 2 aliphatic rings. The number of benzene rings is 2. The number of nitrogens with zero attached hydrogens (tertiary/aromatic N) is 4. The van der Waals surface area contributed by atoms with E-state index in [1.54, 1.807) is 12.1 Å². The molecule has 11 nitrogen and oxygen atoms in total. The van der Waals surface area contributed by atoms with Gasteiger partial charge in [0, 0.05) is 36.9 Å². The number of urea groups is 1. The zero-order valence-electron chi connectivity index (χ0n) is 26.0. The van der Waals surface area contributed by atoms with E-state index in [9.17, 15) is 14.7 Å². The van der Waals surface area contributed by atoms with Crippen molar-refractivity contribution in [2.24, 2.45) is 0 Å². The van der Waals surface area contributed by atoms with Crippen molar-refractivity contribution < 1.29 is 14.7 Å². The molecular weight excluding hydrogens is 556 g/mol. The molecule has 0 saturated carbocycles. The summed E-state index contributed by atoms with van der Waals surface area (Å²) in [5, 5.41) is 28.6. The Morgan fingerprint density at radius 1 is 1.16 bits per heavy atom. The number of aromatic amines is 1. The van der Waals surface area contributed by atoms with Gasteiger partial charge in [0.25, 0.3) is 0 Å². The van der Waals surface area contributed by atoms with Crippen LogP contribution in [0.5, 0.6) is 0 Å². The van der Waals surface area contributed by atoms with E-state index in [4.69, 9.17) is 0 Å². The molecule has 1 fully saturated rings. The number of hydrogen-bond donors (Lipinski definition) is 5. The molecule has 1 aromatic heterocycles. The number of likely N-dealkylation sites (N-methyl/N-ethyl adjacent to an activating group) is 1. The van der Waals surface area contributed by atoms with E-state index in [-0.39, 0.29) is 24.0 Å². The van der Waals surface area contributed by atoms with Crippen LogP contribution in [0, 0.1) is 0 Å². The minimum atomic E-state index is -0.772. The minimum absolute atomic E-state index is 0.0745. The third-order valence-corrected chi connectivity index (χ3v) is 8.56. The maximum Gasteiger partial charge on any atom is 0.319 e. The number of amides is 3. The molecule has 2 unspecified atom stereocenters. The number of nitrogens with one attached hydrogen (secondary N) is 4. The summed E-state index contributed by atoms with van der Waals surface area (Å²) >= 11 is 0. The molecule has 5 rings (SSSR count). The van der Waals surface area contributed by atoms with Crippen LogP contribution in [0.25, 0.3) is 0 Å². The zero-order chi connectivity index (χ0) is 31.4. The Morgan fingerprint density at radius 2 is 1.89 bits per heavy atom. The van der Waals surface area contributed by atoms with Crippen molar-refractivity contribution in [1.82, 2.24) is 30.2 Å². The molecule has 0 aliphatic carbocycles. The maximum absolute atomic E-state index is 13.7. The highest BCUT2D eigenvalue weighted by Gasteiger charge is 2.44. The fourth-order valence-electron chi connectivity index (χ4n) is 6.16. The standard InChI is InChI=1S/C33H44N8O3/c1-6-28(42)34-24-16-14-23(15-17-24)31(43)40-18-10-13-25(19-40)35-30-26-20-41(33(2,3)29(26)37-38-30)32(44)36-27(21-39(4)5)22-11-8-7-9-12-22/h6-9,11-12,14-17,25,27,31,43H,1,10,13,18-21H2,2-5H3,(H,34,42)(H,36,44)(H2,35,37,38)/t25?,27-,31?/m1/s1. The summed E-state index contributed by atoms with van der Waals surface area (Å²) in [4.78, 5) is 31.3. The average Bonchev–Trinajstić information content (AvgIpc) is 3.54. The number of piperidine rings is 1. The second-order valence-electron chi connectivity index (χ2n) is 12.4. The van der Waals surface area contributed by atoms with Crippen LogP contribution in [0.1, 0.15) is 61.3 Å². The van der Waals surface area contributed by atoms with Gasteiger partial charge in [-0.05, 0) is 70.1 Å². The van der Waals surface area contributed by atoms with Crippen molar-refractivity contribution in [3.63, 3.8) is 0 Å². The average molecular weight is 601 g/mol. The number of likely N-dealkylation sites (tertiary alicyclic amines) is 1. The third-order valence-electron chi connectivity index (χ3n) is 8.56. The molecule has 0 radical (unpaired) electrons. The summed E-state index contributed by atoms with van der Waals surface area (Å²) < 4.78 is 0. The molecule has 11 heteroatoms. The van der Waals surface area contributed by atoms with Crippen molar-refractivity contribution in [2.45, 2.75) is 57.1 Å². The largest absolute Gasteiger partial charge is 0.374 e. The Hall–Kier alpha value is -4.19. The number of aliphatic hydroxyl groups excluding tert-OH is 1. The Kier molecular flexibility index (Phi) is 9.38. The fourth-order valence-corrected chi connectivity index (χ4v) is 6.16. The van der Waals surface area contributed by atoms with Crippen LogP contribution in [0.3, 0.4) is 0 Å². The van der Waals surface area contributed by atoms with Gasteiger partial charge in [0.05, 0.1) is 23.8 Å². The zero-order valence-corrected chi connectivity index (χ0v) is 26.0. The van der Waals surface area contributed by atoms with Crippen LogP contribution in [-0.2, 0) is 16.9 Å². The molecule has 3 atom stereocenters. The van der Waals surface area contributed by atoms with Crippen LogP contribution in [-0.4, -0.2) is 81.7 Å². The lowest BCUT2D eigenvalue weighted by atomic mass is 10.0. The number of anilines is 2. The molecule has 0 bridgehead atoms. The predicted molar refractivity (Wildman–Crippen MR) is 172 cm³/mol. The Morgan fingerprint density at radius 3 is 2.57 bits per heavy atom. The molecule has 5 N–H and O–H groups in total. The van der Waals surface area contributed by atoms with E-state index >= 15 is 0 Å². The van der Waals surface area contributed by atoms with Gasteiger partial charge in [-0.1, -0.05) is 49.0 Å². The highest BCUT2D eigenvalue weighted by Crippen LogP contribution is 2.41. The van der Waals surface area contributed by atoms with Crippen molar-refractivity contribution in [1.29, 1.82) is 0 Å². The van der Waals surface area contributed by atoms with E-state index in [1.807, 2.05) is 80.2 Å². The van der Waals surface area contributed by atoms with Gasteiger partial charge in [0.2, 0.25) is 5.91 Å². The minimum Gasteiger partial charge on any atom is -0.374 e. The molecule has 2 aliphatic heterocycles. The first-order chi connectivity index (χ1) is 21.1. The lowest BCUT2D eigenvalue weighted by molar-refractivity contribution is -0.111. The molecular formula is C33H44N8O3. The number of H-pyrrole nitrogens is 1. The summed E-state index contributed by atoms with van der Waals surface area (Å²) in [5.41, 5.74) is 3.81. The third kappa shape index (κ3) is 6.80. The number of carbonyl (C=O) groups is 2.